The van der Waals surface area contributed by atoms with E-state index in [0.29, 0.717) is 0 Å². The topological polar surface area (TPSA) is 54.1 Å². The van der Waals surface area contributed by atoms with E-state index in [1.807, 2.05) is 0 Å². The predicted octanol–water partition coefficient (Wildman–Crippen LogP) is 13.5. The van der Waals surface area contributed by atoms with Crippen molar-refractivity contribution in [3.63, 3.8) is 0 Å². The van der Waals surface area contributed by atoms with Crippen LogP contribution in [-0.4, -0.2) is 47.5 Å². The molecule has 12 aromatic rings. The van der Waals surface area contributed by atoms with E-state index in [2.05, 4.69) is 374 Å². The molecule has 0 unspecified atom stereocenters. The molecule has 0 aromatic heterocycles. The normalized spacial score (nSPS) is 11.0. The van der Waals surface area contributed by atoms with Crippen LogP contribution >= 0.6 is 47.5 Å². The number of hydrogen-bond donors (Lipinski definition) is 0. The van der Waals surface area contributed by atoms with Crippen LogP contribution in [0.25, 0.3) is 0 Å². The van der Waals surface area contributed by atoms with Gasteiger partial charge in [0.05, 0.1) is 111 Å². The van der Waals surface area contributed by atoms with Crippen molar-refractivity contribution in [2.75, 3.05) is 37.7 Å². The first-order chi connectivity index (χ1) is 43.7. The SMILES string of the molecule is N#N.[Co].[Co].c1ccc([PH+](CN(C[PH+](c2ccccc2)c2ccccc2)C[PH+](c2ccccc2)c2ccccc2)c2ccccc2)cc1.c1ccc([PH+](CN(C[PH+](c2ccccc2)c2ccccc2)C[PH+](c2ccccc2)c2ccccc2)c2ccccc2)cc1. The summed E-state index contributed by atoms with van der Waals surface area (Å²) in [6, 6.07) is 135. The summed E-state index contributed by atoms with van der Waals surface area (Å²) in [6.45, 7) is 0. The van der Waals surface area contributed by atoms with E-state index in [0.717, 1.165) is 37.7 Å². The Morgan fingerprint density at radius 2 is 0.233 bits per heavy atom. The molecule has 12 rings (SSSR count). The van der Waals surface area contributed by atoms with Gasteiger partial charge in [0.15, 0.2) is 0 Å². The Kier molecular flexibility index (Phi) is 29.7. The minimum absolute atomic E-state index is 0. The van der Waals surface area contributed by atoms with E-state index in [4.69, 9.17) is 10.8 Å². The van der Waals surface area contributed by atoms with Gasteiger partial charge >= 0.3 is 0 Å². The predicted molar refractivity (Wildman–Crippen MR) is 399 cm³/mol. The third-order valence-corrected chi connectivity index (χ3v) is 32.7. The van der Waals surface area contributed by atoms with E-state index in [1.165, 1.54) is 63.7 Å². The Bertz CT molecular complexity index is 2960. The second kappa shape index (κ2) is 38.4. The molecular weight excluding hydrogens is 1300 g/mol. The minimum atomic E-state index is -1.06. The van der Waals surface area contributed by atoms with Gasteiger partial charge in [-0.3, -0.25) is 0 Å². The van der Waals surface area contributed by atoms with Crippen LogP contribution in [0.1, 0.15) is 0 Å². The molecule has 0 aliphatic rings. The maximum Gasteiger partial charge on any atom is 0.125 e. The van der Waals surface area contributed by atoms with Crippen molar-refractivity contribution in [1.29, 1.82) is 10.8 Å². The van der Waals surface area contributed by atoms with Gasteiger partial charge in [-0.2, -0.15) is 0 Å². The van der Waals surface area contributed by atoms with E-state index in [9.17, 15) is 0 Å². The maximum absolute atomic E-state index is 6.00. The third kappa shape index (κ3) is 20.3. The van der Waals surface area contributed by atoms with Gasteiger partial charge in [-0.25, -0.2) is 9.80 Å². The van der Waals surface area contributed by atoms with Gasteiger partial charge < -0.3 is 0 Å². The summed E-state index contributed by atoms with van der Waals surface area (Å²) in [6.07, 6.45) is 6.42. The molecule has 0 saturated heterocycles. The van der Waals surface area contributed by atoms with Crippen LogP contribution in [0.5, 0.6) is 0 Å². The van der Waals surface area contributed by atoms with Crippen LogP contribution in [0.4, 0.5) is 0 Å². The van der Waals surface area contributed by atoms with Gasteiger partial charge in [0.25, 0.3) is 0 Å². The van der Waals surface area contributed by atoms with E-state index in [1.54, 1.807) is 0 Å². The summed E-state index contributed by atoms with van der Waals surface area (Å²) >= 11 is 0. The van der Waals surface area contributed by atoms with Crippen molar-refractivity contribution in [1.82, 2.24) is 9.80 Å². The molecule has 4 nitrogen and oxygen atoms in total. The van der Waals surface area contributed by atoms with Crippen molar-refractivity contribution in [2.24, 2.45) is 0 Å². The van der Waals surface area contributed by atoms with Crippen LogP contribution in [0, 0.1) is 10.8 Å². The fourth-order valence-corrected chi connectivity index (χ4v) is 28.1. The molecule has 0 saturated carbocycles. The molecular formula is C78H78Co2N4P6+6. The van der Waals surface area contributed by atoms with Gasteiger partial charge in [0.1, 0.15) is 37.7 Å². The zero-order valence-corrected chi connectivity index (χ0v) is 58.4. The van der Waals surface area contributed by atoms with E-state index in [-0.39, 0.29) is 33.6 Å². The summed E-state index contributed by atoms with van der Waals surface area (Å²) < 4.78 is 0. The maximum atomic E-state index is 6.00. The van der Waals surface area contributed by atoms with Crippen LogP contribution in [0.15, 0.2) is 364 Å². The molecule has 0 aliphatic carbocycles. The molecule has 0 bridgehead atoms. The average molecular weight is 1380 g/mol. The van der Waals surface area contributed by atoms with Crippen molar-refractivity contribution in [2.45, 2.75) is 0 Å². The average Bonchev–Trinajstić information content (AvgIpc) is 3.40. The fourth-order valence-electron chi connectivity index (χ4n) is 11.4. The van der Waals surface area contributed by atoms with Crippen LogP contribution in [0.2, 0.25) is 0 Å². The molecule has 12 heteroatoms. The quantitative estimate of drug-likeness (QED) is 0.0447. The molecule has 12 aromatic carbocycles. The molecule has 0 amide bonds. The molecule has 90 heavy (non-hydrogen) atoms. The van der Waals surface area contributed by atoms with Crippen molar-refractivity contribution in [3.8, 4) is 0 Å². The smallest absolute Gasteiger partial charge is 0.125 e. The standard InChI is InChI=1S/2C39H36NP3.2Co.N2/c2*1-7-19-34(20-8-1)41(35-21-9-2-10-22-35)31-40(32-42(36-23-11-3-12-24-36)37-25-13-4-14-26-37)33-43(38-27-15-5-16-28-38)39-29-17-6-18-30-39;;;1-2/h2*1-30H,31-33H2;;;/p+6. The van der Waals surface area contributed by atoms with Gasteiger partial charge in [-0.15, -0.1) is 0 Å². The first-order valence-corrected chi connectivity index (χ1v) is 40.4. The first kappa shape index (κ1) is 69.5. The molecule has 0 aliphatic heterocycles. The number of benzene rings is 12. The van der Waals surface area contributed by atoms with Crippen LogP contribution in [0.3, 0.4) is 0 Å². The number of nitrogens with zero attached hydrogens (tertiary/aromatic N) is 4. The van der Waals surface area contributed by atoms with Crippen molar-refractivity contribution < 1.29 is 33.6 Å². The van der Waals surface area contributed by atoms with Gasteiger partial charge in [0, 0.05) is 44.3 Å². The molecule has 0 spiro atoms. The van der Waals surface area contributed by atoms with Gasteiger partial charge in [-0.1, -0.05) is 218 Å². The summed E-state index contributed by atoms with van der Waals surface area (Å²) in [5.74, 6) is 0. The summed E-state index contributed by atoms with van der Waals surface area (Å²) in [7, 11) is -6.34. The summed E-state index contributed by atoms with van der Waals surface area (Å²) in [5.41, 5.74) is 0. The zero-order chi connectivity index (χ0) is 60.2. The van der Waals surface area contributed by atoms with Gasteiger partial charge in [0.2, 0.25) is 0 Å². The Balaban J connectivity index is 0.000000221. The summed E-state index contributed by atoms with van der Waals surface area (Å²) in [5, 5.41) is 29.7. The second-order valence-electron chi connectivity index (χ2n) is 21.6. The Morgan fingerprint density at radius 3 is 0.311 bits per heavy atom. The van der Waals surface area contributed by atoms with Crippen molar-refractivity contribution in [3.05, 3.63) is 364 Å². The van der Waals surface area contributed by atoms with Gasteiger partial charge in [-0.05, 0) is 146 Å². The molecule has 2 radical (unpaired) electrons. The Morgan fingerprint density at radius 1 is 0.156 bits per heavy atom. The monoisotopic (exact) mass is 1370 g/mol. The fraction of sp³-hybridized carbons (Fsp3) is 0.0769. The second-order valence-corrected chi connectivity index (χ2v) is 36.1. The van der Waals surface area contributed by atoms with Crippen LogP contribution < -0.4 is 63.7 Å². The zero-order valence-electron chi connectivity index (χ0n) is 50.3. The third-order valence-electron chi connectivity index (χ3n) is 15.8. The molecule has 0 fully saturated rings. The number of rotatable bonds is 24. The molecule has 0 atom stereocenters. The van der Waals surface area contributed by atoms with E-state index < -0.39 is 47.5 Å². The Hall–Kier alpha value is -6.43. The van der Waals surface area contributed by atoms with E-state index >= 15 is 0 Å². The molecule has 452 valence electrons. The number of hydrogen-bond acceptors (Lipinski definition) is 4. The first-order valence-electron chi connectivity index (χ1n) is 30.1. The minimum Gasteiger partial charge on any atom is -0.203 e. The molecule has 0 N–H and O–H groups in total. The Labute approximate surface area is 562 Å². The largest absolute Gasteiger partial charge is 0.203 e. The summed E-state index contributed by atoms with van der Waals surface area (Å²) in [4.78, 5) is 5.72. The molecule has 0 heterocycles. The van der Waals surface area contributed by atoms with Crippen molar-refractivity contribution >= 4 is 111 Å². The van der Waals surface area contributed by atoms with Crippen LogP contribution in [-0.2, 0) is 33.6 Å².